The highest BCUT2D eigenvalue weighted by Gasteiger charge is 2.61. The summed E-state index contributed by atoms with van der Waals surface area (Å²) in [7, 11) is -2.16. The number of methoxy groups -OCH3 is 1. The summed E-state index contributed by atoms with van der Waals surface area (Å²) >= 11 is 0. The van der Waals surface area contributed by atoms with Gasteiger partial charge in [-0.3, -0.25) is 4.79 Å². The minimum Gasteiger partial charge on any atom is -0.468 e. The lowest BCUT2D eigenvalue weighted by Crippen LogP contribution is -2.36. The van der Waals surface area contributed by atoms with Crippen LogP contribution in [0, 0.1) is 0 Å². The Morgan fingerprint density at radius 3 is 2.26 bits per heavy atom. The van der Waals surface area contributed by atoms with Gasteiger partial charge in [0.05, 0.1) is 17.9 Å². The van der Waals surface area contributed by atoms with Crippen molar-refractivity contribution in [3.8, 4) is 0 Å². The average Bonchev–Trinajstić information content (AvgIpc) is 3.02. The van der Waals surface area contributed by atoms with E-state index in [1.54, 1.807) is 20.8 Å². The van der Waals surface area contributed by atoms with E-state index in [2.05, 4.69) is 6.92 Å². The highest BCUT2D eigenvalue weighted by atomic mass is 32.2. The molecule has 1 aliphatic heterocycles. The molecule has 5 nitrogen and oxygen atoms in total. The highest BCUT2D eigenvalue weighted by Crippen LogP contribution is 2.40. The second-order valence-corrected chi connectivity index (χ2v) is 8.57. The first kappa shape index (κ1) is 16.4. The predicted octanol–water partition coefficient (Wildman–Crippen LogP) is 1.92. The van der Waals surface area contributed by atoms with Crippen LogP contribution < -0.4 is 0 Å². The summed E-state index contributed by atoms with van der Waals surface area (Å²) in [5.74, 6) is -0.450. The quantitative estimate of drug-likeness (QED) is 0.426. The summed E-state index contributed by atoms with van der Waals surface area (Å²) in [5.41, 5.74) is 0. The molecule has 0 aromatic carbocycles. The fourth-order valence-electron chi connectivity index (χ4n) is 2.17. The van der Waals surface area contributed by atoms with Gasteiger partial charge < -0.3 is 4.74 Å². The molecule has 3 unspecified atom stereocenters. The standard InChI is InChI=1S/C13H25NO4S/c1-6-7-8-9-10-11(12(15)18-5)14(10)19(16,17)13(2,3)4/h10-11H,6-9H2,1-5H3. The van der Waals surface area contributed by atoms with E-state index < -0.39 is 26.8 Å². The number of unbranched alkanes of at least 4 members (excludes halogenated alkanes) is 2. The lowest BCUT2D eigenvalue weighted by atomic mass is 10.1. The van der Waals surface area contributed by atoms with E-state index in [4.69, 9.17) is 4.74 Å². The van der Waals surface area contributed by atoms with E-state index >= 15 is 0 Å². The topological polar surface area (TPSA) is 63.5 Å². The van der Waals surface area contributed by atoms with E-state index in [1.165, 1.54) is 11.4 Å². The lowest BCUT2D eigenvalue weighted by molar-refractivity contribution is -0.140. The molecule has 0 aromatic heterocycles. The van der Waals surface area contributed by atoms with Gasteiger partial charge in [0.15, 0.2) is 0 Å². The Labute approximate surface area is 116 Å². The van der Waals surface area contributed by atoms with E-state index in [9.17, 15) is 13.2 Å². The van der Waals surface area contributed by atoms with Gasteiger partial charge in [0.25, 0.3) is 0 Å². The molecule has 112 valence electrons. The van der Waals surface area contributed by atoms with Crippen LogP contribution in [0.2, 0.25) is 0 Å². The molecule has 1 aliphatic rings. The Morgan fingerprint density at radius 2 is 1.84 bits per heavy atom. The molecule has 1 saturated heterocycles. The molecule has 0 aromatic rings. The van der Waals surface area contributed by atoms with Crippen molar-refractivity contribution in [2.24, 2.45) is 0 Å². The zero-order valence-corrected chi connectivity index (χ0v) is 13.3. The average molecular weight is 291 g/mol. The molecule has 1 fully saturated rings. The first-order valence-electron chi connectivity index (χ1n) is 6.79. The number of ether oxygens (including phenoxy) is 1. The Kier molecular flexibility index (Phi) is 5.01. The van der Waals surface area contributed by atoms with Crippen LogP contribution in [0.4, 0.5) is 0 Å². The number of hydrogen-bond acceptors (Lipinski definition) is 4. The maximum Gasteiger partial charge on any atom is 0.325 e. The lowest BCUT2D eigenvalue weighted by Gasteiger charge is -2.20. The molecular weight excluding hydrogens is 266 g/mol. The van der Waals surface area contributed by atoms with Crippen LogP contribution in [-0.4, -0.2) is 42.6 Å². The van der Waals surface area contributed by atoms with Crippen molar-refractivity contribution in [1.29, 1.82) is 0 Å². The minimum absolute atomic E-state index is 0.219. The minimum atomic E-state index is -3.46. The SMILES string of the molecule is CCCCCC1C(C(=O)OC)N1S(=O)(=O)C(C)(C)C. The fourth-order valence-corrected chi connectivity index (χ4v) is 3.85. The van der Waals surface area contributed by atoms with Crippen molar-refractivity contribution in [3.63, 3.8) is 0 Å². The smallest absolute Gasteiger partial charge is 0.325 e. The number of rotatable bonds is 6. The van der Waals surface area contributed by atoms with E-state index in [0.29, 0.717) is 0 Å². The summed E-state index contributed by atoms with van der Waals surface area (Å²) < 4.78 is 30.0. The zero-order chi connectivity index (χ0) is 14.8. The van der Waals surface area contributed by atoms with Gasteiger partial charge in [-0.15, -0.1) is 0 Å². The number of hydrogen-bond donors (Lipinski definition) is 0. The molecule has 19 heavy (non-hydrogen) atoms. The van der Waals surface area contributed by atoms with Crippen LogP contribution in [0.5, 0.6) is 0 Å². The monoisotopic (exact) mass is 291 g/mol. The van der Waals surface area contributed by atoms with Crippen LogP contribution in [0.1, 0.15) is 53.4 Å². The van der Waals surface area contributed by atoms with Gasteiger partial charge >= 0.3 is 5.97 Å². The van der Waals surface area contributed by atoms with Gasteiger partial charge in [-0.1, -0.05) is 26.2 Å². The van der Waals surface area contributed by atoms with Crippen LogP contribution in [0.3, 0.4) is 0 Å². The van der Waals surface area contributed by atoms with Crippen LogP contribution in [0.15, 0.2) is 0 Å². The number of carbonyl (C=O) groups is 1. The molecular formula is C13H25NO4S. The Hall–Kier alpha value is -0.620. The molecule has 0 spiro atoms. The van der Waals surface area contributed by atoms with E-state index in [1.807, 2.05) is 0 Å². The molecule has 0 bridgehead atoms. The maximum absolute atomic E-state index is 12.4. The summed E-state index contributed by atoms with van der Waals surface area (Å²) in [6.07, 6.45) is 3.78. The van der Waals surface area contributed by atoms with Crippen LogP contribution >= 0.6 is 0 Å². The number of esters is 1. The molecule has 0 amide bonds. The van der Waals surface area contributed by atoms with Crippen molar-refractivity contribution in [3.05, 3.63) is 0 Å². The number of carbonyl (C=O) groups excluding carboxylic acids is 1. The molecule has 0 aliphatic carbocycles. The Morgan fingerprint density at radius 1 is 1.26 bits per heavy atom. The number of nitrogens with zero attached hydrogens (tertiary/aromatic N) is 1. The van der Waals surface area contributed by atoms with Crippen molar-refractivity contribution >= 4 is 16.0 Å². The third-order valence-corrected chi connectivity index (χ3v) is 6.07. The van der Waals surface area contributed by atoms with Crippen molar-refractivity contribution in [1.82, 2.24) is 4.31 Å². The van der Waals surface area contributed by atoms with E-state index in [-0.39, 0.29) is 6.04 Å². The summed E-state index contributed by atoms with van der Waals surface area (Å²) in [6.45, 7) is 7.04. The summed E-state index contributed by atoms with van der Waals surface area (Å²) in [6, 6.07) is -0.839. The predicted molar refractivity (Wildman–Crippen MR) is 74.2 cm³/mol. The van der Waals surface area contributed by atoms with Gasteiger partial charge in [0, 0.05) is 0 Å². The van der Waals surface area contributed by atoms with Gasteiger partial charge in [0.1, 0.15) is 6.04 Å². The van der Waals surface area contributed by atoms with Crippen LogP contribution in [0.25, 0.3) is 0 Å². The molecule has 0 saturated carbocycles. The molecule has 1 rings (SSSR count). The van der Waals surface area contributed by atoms with Crippen molar-refractivity contribution in [2.45, 2.75) is 70.2 Å². The Balaban J connectivity index is 2.83. The highest BCUT2D eigenvalue weighted by molar-refractivity contribution is 7.90. The molecule has 3 atom stereocenters. The molecule has 0 radical (unpaired) electrons. The first-order valence-corrected chi connectivity index (χ1v) is 8.23. The number of sulfonamides is 1. The van der Waals surface area contributed by atoms with Crippen molar-refractivity contribution in [2.75, 3.05) is 7.11 Å². The summed E-state index contributed by atoms with van der Waals surface area (Å²) in [5, 5.41) is 0. The largest absolute Gasteiger partial charge is 0.468 e. The normalized spacial score (nSPS) is 27.1. The van der Waals surface area contributed by atoms with Crippen LogP contribution in [-0.2, 0) is 19.6 Å². The Bertz CT molecular complexity index is 424. The van der Waals surface area contributed by atoms with Gasteiger partial charge in [-0.2, -0.15) is 4.31 Å². The fraction of sp³-hybridized carbons (Fsp3) is 0.923. The third kappa shape index (κ3) is 3.28. The zero-order valence-electron chi connectivity index (χ0n) is 12.5. The van der Waals surface area contributed by atoms with E-state index in [0.717, 1.165) is 25.7 Å². The molecule has 0 N–H and O–H groups in total. The van der Waals surface area contributed by atoms with Gasteiger partial charge in [-0.25, -0.2) is 8.42 Å². The first-order chi connectivity index (χ1) is 8.68. The van der Waals surface area contributed by atoms with Crippen molar-refractivity contribution < 1.29 is 17.9 Å². The van der Waals surface area contributed by atoms with Gasteiger partial charge in [-0.05, 0) is 27.2 Å². The maximum atomic E-state index is 12.4. The molecule has 6 heteroatoms. The van der Waals surface area contributed by atoms with Gasteiger partial charge in [0.2, 0.25) is 10.0 Å². The second-order valence-electron chi connectivity index (χ2n) is 5.98. The summed E-state index contributed by atoms with van der Waals surface area (Å²) in [4.78, 5) is 11.7. The second kappa shape index (κ2) is 5.79. The molecule has 1 heterocycles. The third-order valence-electron chi connectivity index (χ3n) is 3.47.